The molecule has 1 aliphatic heterocycles. The van der Waals surface area contributed by atoms with Crippen molar-refractivity contribution in [2.45, 2.75) is 78.1 Å². The SMILES string of the molecule is CC(C)COC1=CC(=O)C2CC=CCC12.COc1ccc(C2=CC(=O)C3CC=CCC23)cc1.O=C1C=C(c2ccc(O)cc2)C2CC=CCC12.O=C1C=CC(=O)C1.O=C1CC(=O)C2CC=CCC12.O=S1(=O)CC=CC1. The van der Waals surface area contributed by atoms with Gasteiger partial charge in [0, 0.05) is 41.6 Å². The Bertz CT molecular complexity index is 2830. The van der Waals surface area contributed by atoms with Gasteiger partial charge < -0.3 is 14.6 Å². The molecule has 0 aromatic heterocycles. The molecule has 394 valence electrons. The fourth-order valence-electron chi connectivity index (χ4n) is 10.9. The van der Waals surface area contributed by atoms with Gasteiger partial charge in [-0.05, 0) is 140 Å². The second-order valence-corrected chi connectivity index (χ2v) is 22.8. The van der Waals surface area contributed by atoms with Crippen LogP contribution in [0.2, 0.25) is 0 Å². The van der Waals surface area contributed by atoms with E-state index >= 15 is 0 Å². The summed E-state index contributed by atoms with van der Waals surface area (Å²) in [5, 5.41) is 9.29. The number of hydrogen-bond acceptors (Lipinski definition) is 12. The molecule has 0 amide bonds. The van der Waals surface area contributed by atoms with Gasteiger partial charge in [-0.25, -0.2) is 8.42 Å². The summed E-state index contributed by atoms with van der Waals surface area (Å²) in [4.78, 5) is 78.2. The molecule has 2 aromatic carbocycles. The molecule has 8 atom stereocenters. The van der Waals surface area contributed by atoms with E-state index in [9.17, 15) is 47.1 Å². The average molecular weight is 1040 g/mol. The minimum Gasteiger partial charge on any atom is -0.508 e. The summed E-state index contributed by atoms with van der Waals surface area (Å²) in [6.45, 7) is 4.96. The van der Waals surface area contributed by atoms with E-state index in [1.54, 1.807) is 43.5 Å². The number of benzene rings is 2. The molecule has 75 heavy (non-hydrogen) atoms. The lowest BCUT2D eigenvalue weighted by molar-refractivity contribution is -0.123. The lowest BCUT2D eigenvalue weighted by Crippen LogP contribution is -2.20. The first-order valence-corrected chi connectivity index (χ1v) is 27.9. The predicted octanol–water partition coefficient (Wildman–Crippen LogP) is 10.1. The Morgan fingerprint density at radius 3 is 1.27 bits per heavy atom. The maximum Gasteiger partial charge on any atom is 0.163 e. The highest BCUT2D eigenvalue weighted by Gasteiger charge is 2.41. The van der Waals surface area contributed by atoms with Crippen LogP contribution in [-0.2, 0) is 48.1 Å². The molecule has 0 saturated heterocycles. The van der Waals surface area contributed by atoms with Crippen LogP contribution in [0.15, 0.2) is 145 Å². The van der Waals surface area contributed by atoms with Crippen molar-refractivity contribution in [3.05, 3.63) is 157 Å². The van der Waals surface area contributed by atoms with E-state index in [1.807, 2.05) is 54.6 Å². The fraction of sp³-hybridized carbons (Fsp3) is 0.403. The van der Waals surface area contributed by atoms with Gasteiger partial charge in [0.15, 0.2) is 38.8 Å². The highest BCUT2D eigenvalue weighted by molar-refractivity contribution is 7.91. The van der Waals surface area contributed by atoms with E-state index in [4.69, 9.17) is 9.47 Å². The summed E-state index contributed by atoms with van der Waals surface area (Å²) in [6, 6.07) is 15.1. The molecule has 1 saturated carbocycles. The molecule has 2 aromatic rings. The second-order valence-electron chi connectivity index (χ2n) is 20.7. The Morgan fingerprint density at radius 1 is 0.493 bits per heavy atom. The van der Waals surface area contributed by atoms with Crippen LogP contribution in [0.4, 0.5) is 0 Å². The van der Waals surface area contributed by atoms with Crippen LogP contribution in [0.1, 0.15) is 89.2 Å². The molecule has 0 bridgehead atoms. The highest BCUT2D eigenvalue weighted by Crippen LogP contribution is 2.44. The Kier molecular flexibility index (Phi) is 19.4. The summed E-state index contributed by atoms with van der Waals surface area (Å²) in [5.41, 5.74) is 4.52. The summed E-state index contributed by atoms with van der Waals surface area (Å²) in [5.74, 6) is 5.55. The first kappa shape index (κ1) is 55.9. The third-order valence-electron chi connectivity index (χ3n) is 14.9. The number of carbonyl (C=O) groups is 7. The smallest absolute Gasteiger partial charge is 0.163 e. The largest absolute Gasteiger partial charge is 0.508 e. The monoisotopic (exact) mass is 1040 g/mol. The topological polar surface area (TPSA) is 192 Å². The normalized spacial score (nSPS) is 27.6. The third-order valence-corrected chi connectivity index (χ3v) is 16.3. The van der Waals surface area contributed by atoms with Crippen LogP contribution >= 0.6 is 0 Å². The number of allylic oxidation sites excluding steroid dienone is 16. The number of rotatable bonds is 6. The highest BCUT2D eigenvalue weighted by atomic mass is 32.2. The molecular weight excluding hydrogens is 969 g/mol. The van der Waals surface area contributed by atoms with Gasteiger partial charge in [-0.2, -0.15) is 0 Å². The number of phenolic OH excluding ortho intramolecular Hbond substituents is 1. The molecule has 12 rings (SSSR count). The molecule has 1 fully saturated rings. The van der Waals surface area contributed by atoms with Gasteiger partial charge in [-0.3, -0.25) is 33.6 Å². The lowest BCUT2D eigenvalue weighted by atomic mass is 9.80. The molecule has 0 radical (unpaired) electrons. The first-order chi connectivity index (χ1) is 36.0. The Morgan fingerprint density at radius 2 is 0.880 bits per heavy atom. The van der Waals surface area contributed by atoms with Crippen molar-refractivity contribution in [3.63, 3.8) is 0 Å². The quantitative estimate of drug-likeness (QED) is 0.213. The Balaban J connectivity index is 0.000000136. The van der Waals surface area contributed by atoms with Crippen LogP contribution in [0.3, 0.4) is 0 Å². The zero-order valence-electron chi connectivity index (χ0n) is 43.0. The van der Waals surface area contributed by atoms with Crippen molar-refractivity contribution >= 4 is 61.5 Å². The number of hydrogen-bond donors (Lipinski definition) is 1. The number of aromatic hydroxyl groups is 1. The molecule has 13 heteroatoms. The first-order valence-electron chi connectivity index (χ1n) is 26.1. The summed E-state index contributed by atoms with van der Waals surface area (Å²) in [6.07, 6.45) is 35.6. The van der Waals surface area contributed by atoms with Crippen LogP contribution in [0.25, 0.3) is 11.1 Å². The molecule has 12 nitrogen and oxygen atoms in total. The number of carbonyl (C=O) groups excluding carboxylic acids is 7. The standard InChI is InChI=1S/C16H16O2.C15H14O2.C13H18O2.C9H10O2.C5H4O2.C4H6O2S/c1-18-12-8-6-11(7-9-12)15-10-16(17)14-5-3-2-4-13(14)15;16-11-7-5-10(6-8-11)14-9-15(17)13-4-2-1-3-12(13)14;1-9(2)8-15-13-7-12(14)10-5-3-4-6-11(10)13;10-8-5-9(11)7-4-2-1-3-6(7)8;6-4-1-2-5(7)3-4;5-7(6)3-1-2-4-7/h2-3,6-10,13-14H,4-5H2,1H3;1-2,5-9,12-13,16H,3-4H2;3-4,7,9-11H,5-6,8H2,1-2H3;1-2,6-7H,3-5H2;1-2H,3H2;1-2H,3-4H2. The number of phenols is 1. The minimum absolute atomic E-state index is 0.0347. The van der Waals surface area contributed by atoms with E-state index in [1.165, 1.54) is 17.7 Å². The van der Waals surface area contributed by atoms with E-state index in [-0.39, 0.29) is 100 Å². The van der Waals surface area contributed by atoms with Crippen LogP contribution in [0, 0.1) is 53.3 Å². The summed E-state index contributed by atoms with van der Waals surface area (Å²) in [7, 11) is -0.995. The number of fused-ring (bicyclic) bond motifs is 4. The minimum atomic E-state index is -2.66. The number of ether oxygens (including phenoxy) is 2. The number of sulfone groups is 1. The molecule has 1 heterocycles. The van der Waals surface area contributed by atoms with Gasteiger partial charge in [0.2, 0.25) is 0 Å². The zero-order chi connectivity index (χ0) is 53.6. The van der Waals surface area contributed by atoms with E-state index < -0.39 is 9.84 Å². The molecular formula is C62H68O12S. The van der Waals surface area contributed by atoms with Crippen LogP contribution in [-0.4, -0.2) is 79.2 Å². The number of Topliss-reactive ketones (excluding diaryl/α,β-unsaturated/α-hetero) is 2. The van der Waals surface area contributed by atoms with Crippen LogP contribution in [0.5, 0.6) is 11.5 Å². The molecule has 9 aliphatic carbocycles. The number of ketones is 7. The second kappa shape index (κ2) is 26.1. The average Bonchev–Trinajstić information content (AvgIpc) is 4.28. The van der Waals surface area contributed by atoms with Gasteiger partial charge in [0.25, 0.3) is 0 Å². The van der Waals surface area contributed by atoms with Crippen molar-refractivity contribution in [3.8, 4) is 11.5 Å². The Labute approximate surface area is 440 Å². The van der Waals surface area contributed by atoms with E-state index in [2.05, 4.69) is 50.3 Å². The van der Waals surface area contributed by atoms with Crippen molar-refractivity contribution in [1.29, 1.82) is 0 Å². The number of methoxy groups -OCH3 is 1. The van der Waals surface area contributed by atoms with E-state index in [0.717, 1.165) is 79.6 Å². The molecule has 10 aliphatic rings. The van der Waals surface area contributed by atoms with Crippen LogP contribution < -0.4 is 4.74 Å². The van der Waals surface area contributed by atoms with Gasteiger partial charge in [0.1, 0.15) is 28.8 Å². The van der Waals surface area contributed by atoms with Gasteiger partial charge >= 0.3 is 0 Å². The summed E-state index contributed by atoms with van der Waals surface area (Å²) < 4.78 is 31.6. The van der Waals surface area contributed by atoms with Gasteiger partial charge in [0.05, 0.1) is 38.1 Å². The van der Waals surface area contributed by atoms with E-state index in [0.29, 0.717) is 30.3 Å². The zero-order valence-corrected chi connectivity index (χ0v) is 43.8. The van der Waals surface area contributed by atoms with Crippen molar-refractivity contribution < 1.29 is 56.6 Å². The molecule has 8 unspecified atom stereocenters. The van der Waals surface area contributed by atoms with Crippen molar-refractivity contribution in [2.24, 2.45) is 53.3 Å². The third kappa shape index (κ3) is 14.9. The lowest BCUT2D eigenvalue weighted by Gasteiger charge is -2.23. The van der Waals surface area contributed by atoms with Crippen molar-refractivity contribution in [2.75, 3.05) is 25.2 Å². The van der Waals surface area contributed by atoms with Gasteiger partial charge in [-0.15, -0.1) is 0 Å². The maximum absolute atomic E-state index is 12.0. The predicted molar refractivity (Wildman–Crippen MR) is 289 cm³/mol. The van der Waals surface area contributed by atoms with Crippen molar-refractivity contribution in [1.82, 2.24) is 0 Å². The Hall–Kier alpha value is -6.86. The fourth-order valence-corrected chi connectivity index (χ4v) is 11.8. The maximum atomic E-state index is 12.0. The summed E-state index contributed by atoms with van der Waals surface area (Å²) >= 11 is 0. The van der Waals surface area contributed by atoms with Gasteiger partial charge in [-0.1, -0.05) is 98.9 Å². The molecule has 0 spiro atoms. The molecule has 1 N–H and O–H groups in total.